The molecule has 24 heavy (non-hydrogen) atoms. The molecule has 0 aliphatic rings. The third-order valence-corrected chi connectivity index (χ3v) is 3.81. The highest BCUT2D eigenvalue weighted by Gasteiger charge is 2.07. The van der Waals surface area contributed by atoms with Crippen molar-refractivity contribution in [3.8, 4) is 5.75 Å². The van der Waals surface area contributed by atoms with Crippen LogP contribution in [0.5, 0.6) is 5.75 Å². The highest BCUT2D eigenvalue weighted by atomic mass is 32.1. The van der Waals surface area contributed by atoms with Gasteiger partial charge < -0.3 is 10.1 Å². The maximum Gasteiger partial charge on any atom is 0.269 e. The van der Waals surface area contributed by atoms with E-state index >= 15 is 0 Å². The predicted molar refractivity (Wildman–Crippen MR) is 99.9 cm³/mol. The van der Waals surface area contributed by atoms with Gasteiger partial charge in [-0.25, -0.2) is 0 Å². The number of ether oxygens (including phenoxy) is 1. The van der Waals surface area contributed by atoms with E-state index in [1.165, 1.54) is 25.0 Å². The Morgan fingerprint density at radius 2 is 1.79 bits per heavy atom. The molecule has 0 spiro atoms. The molecule has 126 valence electrons. The first-order valence-electron chi connectivity index (χ1n) is 7.89. The molecule has 0 fully saturated rings. The second kappa shape index (κ2) is 8.98. The number of rotatable bonds is 8. The number of nitro groups is 1. The second-order valence-corrected chi connectivity index (χ2v) is 5.75. The Hall–Kier alpha value is -2.47. The summed E-state index contributed by atoms with van der Waals surface area (Å²) in [5.74, 6) is 0.831. The molecule has 5 nitrogen and oxygen atoms in total. The van der Waals surface area contributed by atoms with Gasteiger partial charge in [-0.2, -0.15) is 0 Å². The van der Waals surface area contributed by atoms with E-state index in [1.54, 1.807) is 12.1 Å². The van der Waals surface area contributed by atoms with E-state index in [0.717, 1.165) is 30.0 Å². The van der Waals surface area contributed by atoms with Gasteiger partial charge in [0, 0.05) is 23.4 Å². The fraction of sp³-hybridized carbons (Fsp3) is 0.278. The molecule has 0 radical (unpaired) electrons. The fourth-order valence-corrected chi connectivity index (χ4v) is 2.37. The number of hydrogen-bond acceptors (Lipinski definition) is 4. The third-order valence-electron chi connectivity index (χ3n) is 3.47. The summed E-state index contributed by atoms with van der Waals surface area (Å²) in [5.41, 5.74) is 1.63. The van der Waals surface area contributed by atoms with Gasteiger partial charge in [-0.05, 0) is 42.8 Å². The fourth-order valence-electron chi connectivity index (χ4n) is 2.11. The number of nitro benzene ring substituents is 1. The van der Waals surface area contributed by atoms with Crippen molar-refractivity contribution >= 4 is 28.6 Å². The lowest BCUT2D eigenvalue weighted by atomic mass is 10.2. The van der Waals surface area contributed by atoms with Crippen LogP contribution in [0.25, 0.3) is 0 Å². The summed E-state index contributed by atoms with van der Waals surface area (Å²) in [6.07, 6.45) is 3.40. The summed E-state index contributed by atoms with van der Waals surface area (Å²) in [7, 11) is 0. The molecule has 0 saturated heterocycles. The average molecular weight is 344 g/mol. The molecular formula is C18H20N2O3S. The van der Waals surface area contributed by atoms with E-state index in [1.807, 2.05) is 24.3 Å². The summed E-state index contributed by atoms with van der Waals surface area (Å²) >= 11 is 5.33. The zero-order chi connectivity index (χ0) is 17.4. The van der Waals surface area contributed by atoms with Gasteiger partial charge in [0.2, 0.25) is 0 Å². The summed E-state index contributed by atoms with van der Waals surface area (Å²) < 4.78 is 5.66. The molecule has 0 bridgehead atoms. The molecule has 6 heteroatoms. The monoisotopic (exact) mass is 344 g/mol. The smallest absolute Gasteiger partial charge is 0.269 e. The van der Waals surface area contributed by atoms with Gasteiger partial charge in [0.25, 0.3) is 5.69 Å². The molecule has 0 aliphatic heterocycles. The summed E-state index contributed by atoms with van der Waals surface area (Å²) in [6.45, 7) is 2.89. The first-order valence-corrected chi connectivity index (χ1v) is 8.29. The molecule has 0 atom stereocenters. The third kappa shape index (κ3) is 5.31. The topological polar surface area (TPSA) is 64.4 Å². The van der Waals surface area contributed by atoms with Crippen molar-refractivity contribution < 1.29 is 9.66 Å². The Labute approximate surface area is 146 Å². The second-order valence-electron chi connectivity index (χ2n) is 5.34. The van der Waals surface area contributed by atoms with Gasteiger partial charge in [-0.3, -0.25) is 10.1 Å². The average Bonchev–Trinajstić information content (AvgIpc) is 2.60. The molecule has 0 unspecified atom stereocenters. The van der Waals surface area contributed by atoms with Crippen molar-refractivity contribution in [1.82, 2.24) is 0 Å². The predicted octanol–water partition coefficient (Wildman–Crippen LogP) is 4.95. The van der Waals surface area contributed by atoms with Gasteiger partial charge in [-0.1, -0.05) is 32.0 Å². The van der Waals surface area contributed by atoms with E-state index in [9.17, 15) is 10.1 Å². The van der Waals surface area contributed by atoms with Crippen molar-refractivity contribution in [1.29, 1.82) is 0 Å². The van der Waals surface area contributed by atoms with Crippen molar-refractivity contribution in [3.05, 3.63) is 64.2 Å². The SMILES string of the molecule is CCCCCOc1ccc(NC(=S)c2ccc([N+](=O)[O-])cc2)cc1. The van der Waals surface area contributed by atoms with Crippen LogP contribution in [0.3, 0.4) is 0 Å². The first-order chi connectivity index (χ1) is 11.6. The largest absolute Gasteiger partial charge is 0.494 e. The van der Waals surface area contributed by atoms with E-state index in [0.29, 0.717) is 4.99 Å². The molecule has 2 aromatic carbocycles. The Balaban J connectivity index is 1.90. The highest BCUT2D eigenvalue weighted by molar-refractivity contribution is 7.81. The zero-order valence-electron chi connectivity index (χ0n) is 13.5. The van der Waals surface area contributed by atoms with Gasteiger partial charge in [0.05, 0.1) is 11.5 Å². The van der Waals surface area contributed by atoms with Crippen LogP contribution in [-0.4, -0.2) is 16.5 Å². The number of anilines is 1. The minimum absolute atomic E-state index is 0.0473. The number of nitrogens with zero attached hydrogens (tertiary/aromatic N) is 1. The van der Waals surface area contributed by atoms with Crippen LogP contribution in [0.1, 0.15) is 31.7 Å². The van der Waals surface area contributed by atoms with Crippen LogP contribution < -0.4 is 10.1 Å². The molecule has 1 N–H and O–H groups in total. The van der Waals surface area contributed by atoms with Crippen molar-refractivity contribution in [2.45, 2.75) is 26.2 Å². The summed E-state index contributed by atoms with van der Waals surface area (Å²) in [5, 5.41) is 13.8. The molecule has 0 aromatic heterocycles. The van der Waals surface area contributed by atoms with Crippen molar-refractivity contribution in [3.63, 3.8) is 0 Å². The van der Waals surface area contributed by atoms with Crippen molar-refractivity contribution in [2.75, 3.05) is 11.9 Å². The minimum Gasteiger partial charge on any atom is -0.494 e. The van der Waals surface area contributed by atoms with Gasteiger partial charge in [0.15, 0.2) is 0 Å². The standard InChI is InChI=1S/C18H20N2O3S/c1-2-3-4-13-23-17-11-7-15(8-12-17)19-18(24)14-5-9-16(10-6-14)20(21)22/h5-12H,2-4,13H2,1H3,(H,19,24). The number of hydrogen-bond donors (Lipinski definition) is 1. The molecule has 0 aliphatic carbocycles. The molecule has 0 heterocycles. The van der Waals surface area contributed by atoms with Gasteiger partial charge >= 0.3 is 0 Å². The molecule has 2 rings (SSSR count). The Bertz CT molecular complexity index is 684. The normalized spacial score (nSPS) is 10.2. The highest BCUT2D eigenvalue weighted by Crippen LogP contribution is 2.18. The lowest BCUT2D eigenvalue weighted by Gasteiger charge is -2.10. The lowest BCUT2D eigenvalue weighted by molar-refractivity contribution is -0.384. The molecule has 2 aromatic rings. The van der Waals surface area contributed by atoms with E-state index in [-0.39, 0.29) is 5.69 Å². The van der Waals surface area contributed by atoms with E-state index in [2.05, 4.69) is 12.2 Å². The zero-order valence-corrected chi connectivity index (χ0v) is 14.3. The summed E-state index contributed by atoms with van der Waals surface area (Å²) in [6, 6.07) is 13.7. The lowest BCUT2D eigenvalue weighted by Crippen LogP contribution is -2.10. The number of thiocarbonyl (C=S) groups is 1. The summed E-state index contributed by atoms with van der Waals surface area (Å²) in [4.78, 5) is 10.7. The van der Waals surface area contributed by atoms with Gasteiger partial charge in [0.1, 0.15) is 10.7 Å². The first kappa shape index (κ1) is 17.9. The van der Waals surface area contributed by atoms with Crippen LogP contribution in [0, 0.1) is 10.1 Å². The number of nitrogens with one attached hydrogen (secondary N) is 1. The number of non-ortho nitro benzene ring substituents is 1. The maximum atomic E-state index is 10.7. The van der Waals surface area contributed by atoms with Crippen LogP contribution >= 0.6 is 12.2 Å². The van der Waals surface area contributed by atoms with Crippen LogP contribution in [0.4, 0.5) is 11.4 Å². The molecular weight excluding hydrogens is 324 g/mol. The maximum absolute atomic E-state index is 10.7. The quantitative estimate of drug-likeness (QED) is 0.318. The molecule has 0 amide bonds. The Morgan fingerprint density at radius 1 is 1.12 bits per heavy atom. The van der Waals surface area contributed by atoms with E-state index in [4.69, 9.17) is 17.0 Å². The van der Waals surface area contributed by atoms with Crippen LogP contribution in [0.2, 0.25) is 0 Å². The number of benzene rings is 2. The van der Waals surface area contributed by atoms with E-state index < -0.39 is 4.92 Å². The minimum atomic E-state index is -0.431. The number of unbranched alkanes of at least 4 members (excludes halogenated alkanes) is 2. The molecule has 0 saturated carbocycles. The van der Waals surface area contributed by atoms with Crippen LogP contribution in [-0.2, 0) is 0 Å². The Morgan fingerprint density at radius 3 is 2.38 bits per heavy atom. The van der Waals surface area contributed by atoms with Crippen LogP contribution in [0.15, 0.2) is 48.5 Å². The van der Waals surface area contributed by atoms with Crippen molar-refractivity contribution in [2.24, 2.45) is 0 Å². The van der Waals surface area contributed by atoms with Gasteiger partial charge in [-0.15, -0.1) is 0 Å². The Kier molecular flexibility index (Phi) is 6.69.